The smallest absolute Gasteiger partial charge is 0.357 e. The van der Waals surface area contributed by atoms with Gasteiger partial charge in [0.2, 0.25) is 0 Å². The van der Waals surface area contributed by atoms with Crippen LogP contribution >= 0.6 is 0 Å². The molecule has 4 rings (SSSR count). The lowest BCUT2D eigenvalue weighted by Crippen LogP contribution is -2.25. The number of aromatic carboxylic acids is 1. The zero-order chi connectivity index (χ0) is 18.4. The van der Waals surface area contributed by atoms with Crippen LogP contribution in [-0.4, -0.2) is 25.4 Å². The highest BCUT2D eigenvalue weighted by atomic mass is 16.4. The minimum absolute atomic E-state index is 0.129. The van der Waals surface area contributed by atoms with Crippen LogP contribution in [0.3, 0.4) is 0 Å². The highest BCUT2D eigenvalue weighted by Gasteiger charge is 2.22. The van der Waals surface area contributed by atoms with Gasteiger partial charge in [-0.1, -0.05) is 37.3 Å². The van der Waals surface area contributed by atoms with Crippen molar-refractivity contribution in [1.29, 1.82) is 0 Å². The van der Waals surface area contributed by atoms with Gasteiger partial charge in [0.05, 0.1) is 5.69 Å². The maximum Gasteiger partial charge on any atom is 0.357 e. The third-order valence-corrected chi connectivity index (χ3v) is 4.73. The average molecular weight is 347 g/mol. The van der Waals surface area contributed by atoms with Crippen LogP contribution in [0.15, 0.2) is 53.3 Å². The number of para-hydroxylation sites is 1. The Morgan fingerprint density at radius 3 is 2.46 bits per heavy atom. The summed E-state index contributed by atoms with van der Waals surface area (Å²) in [5.41, 5.74) is 2.33. The molecule has 4 aromatic rings. The number of aryl methyl sites for hydroxylation is 2. The van der Waals surface area contributed by atoms with Crippen molar-refractivity contribution in [2.45, 2.75) is 13.3 Å². The molecule has 0 unspecified atom stereocenters. The second-order valence-electron chi connectivity index (χ2n) is 6.19. The van der Waals surface area contributed by atoms with Crippen LogP contribution in [0.1, 0.15) is 23.0 Å². The zero-order valence-corrected chi connectivity index (χ0v) is 14.4. The van der Waals surface area contributed by atoms with Crippen molar-refractivity contribution in [1.82, 2.24) is 14.3 Å². The number of carboxylic acids is 1. The fourth-order valence-corrected chi connectivity index (χ4v) is 3.38. The van der Waals surface area contributed by atoms with Gasteiger partial charge in [0.1, 0.15) is 5.52 Å². The number of hydrogen-bond acceptors (Lipinski definition) is 3. The van der Waals surface area contributed by atoms with Gasteiger partial charge in [0.25, 0.3) is 5.56 Å². The standard InChI is InChI=1S/C20H17N3O3/c1-3-12-8-10-13(11-9-12)23-19(24)18-16(17(21-23)20(25)26)14-6-4-5-7-15(14)22(18)2/h4-11H,3H2,1-2H3,(H,25,26). The SMILES string of the molecule is CCc1ccc(-n2nc(C(=O)O)c3c4ccccc4n(C)c3c2=O)cc1. The molecule has 130 valence electrons. The molecule has 0 atom stereocenters. The van der Waals surface area contributed by atoms with Crippen LogP contribution in [0.4, 0.5) is 0 Å². The van der Waals surface area contributed by atoms with E-state index in [9.17, 15) is 14.7 Å². The summed E-state index contributed by atoms with van der Waals surface area (Å²) in [6, 6.07) is 14.7. The molecular weight excluding hydrogens is 330 g/mol. The van der Waals surface area contributed by atoms with Crippen molar-refractivity contribution in [3.05, 3.63) is 70.1 Å². The van der Waals surface area contributed by atoms with Crippen LogP contribution < -0.4 is 5.56 Å². The van der Waals surface area contributed by atoms with Crippen molar-refractivity contribution in [2.24, 2.45) is 7.05 Å². The minimum Gasteiger partial charge on any atom is -0.476 e. The van der Waals surface area contributed by atoms with E-state index in [1.807, 2.05) is 43.3 Å². The molecule has 0 bridgehead atoms. The molecule has 26 heavy (non-hydrogen) atoms. The summed E-state index contributed by atoms with van der Waals surface area (Å²) in [6.07, 6.45) is 0.880. The van der Waals surface area contributed by atoms with E-state index in [1.165, 1.54) is 4.68 Å². The predicted octanol–water partition coefficient (Wildman–Crippen LogP) is 3.14. The quantitative estimate of drug-likeness (QED) is 0.618. The first-order valence-electron chi connectivity index (χ1n) is 8.36. The Kier molecular flexibility index (Phi) is 3.61. The van der Waals surface area contributed by atoms with E-state index in [-0.39, 0.29) is 11.3 Å². The molecular formula is C20H17N3O3. The number of rotatable bonds is 3. The van der Waals surface area contributed by atoms with Gasteiger partial charge in [-0.3, -0.25) is 4.79 Å². The first kappa shape index (κ1) is 16.1. The van der Waals surface area contributed by atoms with Crippen molar-refractivity contribution in [3.8, 4) is 5.69 Å². The van der Waals surface area contributed by atoms with Crippen LogP contribution in [0.2, 0.25) is 0 Å². The Morgan fingerprint density at radius 2 is 1.81 bits per heavy atom. The molecule has 6 heteroatoms. The third kappa shape index (κ3) is 2.23. The highest BCUT2D eigenvalue weighted by molar-refractivity contribution is 6.15. The Hall–Kier alpha value is -3.41. The van der Waals surface area contributed by atoms with E-state index in [4.69, 9.17) is 0 Å². The van der Waals surface area contributed by atoms with E-state index < -0.39 is 5.97 Å². The van der Waals surface area contributed by atoms with E-state index in [2.05, 4.69) is 5.10 Å². The monoisotopic (exact) mass is 347 g/mol. The summed E-state index contributed by atoms with van der Waals surface area (Å²) in [7, 11) is 1.77. The summed E-state index contributed by atoms with van der Waals surface area (Å²) in [5.74, 6) is -1.16. The van der Waals surface area contributed by atoms with E-state index >= 15 is 0 Å². The van der Waals surface area contributed by atoms with Gasteiger partial charge < -0.3 is 9.67 Å². The second kappa shape index (κ2) is 5.84. The lowest BCUT2D eigenvalue weighted by molar-refractivity contribution is 0.0691. The molecule has 0 aliphatic rings. The number of fused-ring (bicyclic) bond motifs is 3. The summed E-state index contributed by atoms with van der Waals surface area (Å²) in [4.78, 5) is 25.0. The number of hydrogen-bond donors (Lipinski definition) is 1. The maximum absolute atomic E-state index is 13.1. The van der Waals surface area contributed by atoms with Crippen LogP contribution in [0.25, 0.3) is 27.5 Å². The normalized spacial score (nSPS) is 11.3. The zero-order valence-electron chi connectivity index (χ0n) is 14.4. The predicted molar refractivity (Wildman–Crippen MR) is 100 cm³/mol. The van der Waals surface area contributed by atoms with Crippen molar-refractivity contribution in [3.63, 3.8) is 0 Å². The fraction of sp³-hybridized carbons (Fsp3) is 0.150. The van der Waals surface area contributed by atoms with Gasteiger partial charge in [-0.25, -0.2) is 4.79 Å². The minimum atomic E-state index is -1.16. The molecule has 0 fully saturated rings. The molecule has 2 aromatic heterocycles. The molecule has 0 saturated heterocycles. The van der Waals surface area contributed by atoms with Crippen molar-refractivity contribution < 1.29 is 9.90 Å². The largest absolute Gasteiger partial charge is 0.476 e. The topological polar surface area (TPSA) is 77.1 Å². The molecule has 2 heterocycles. The Labute approximate surface area is 148 Å². The number of carbonyl (C=O) groups is 1. The molecule has 0 amide bonds. The van der Waals surface area contributed by atoms with Gasteiger partial charge in [-0.05, 0) is 30.2 Å². The molecule has 0 saturated carbocycles. The number of nitrogens with zero attached hydrogens (tertiary/aromatic N) is 3. The van der Waals surface area contributed by atoms with Crippen LogP contribution in [0.5, 0.6) is 0 Å². The molecule has 1 N–H and O–H groups in total. The van der Waals surface area contributed by atoms with E-state index in [1.54, 1.807) is 23.7 Å². The molecule has 2 aromatic carbocycles. The second-order valence-corrected chi connectivity index (χ2v) is 6.19. The first-order valence-corrected chi connectivity index (χ1v) is 8.36. The van der Waals surface area contributed by atoms with Gasteiger partial charge >= 0.3 is 5.97 Å². The molecule has 0 aliphatic carbocycles. The Balaban J connectivity index is 2.15. The summed E-state index contributed by atoms with van der Waals surface area (Å²) < 4.78 is 2.90. The fourth-order valence-electron chi connectivity index (χ4n) is 3.38. The molecule has 6 nitrogen and oxygen atoms in total. The van der Waals surface area contributed by atoms with Gasteiger partial charge in [-0.2, -0.15) is 9.78 Å². The van der Waals surface area contributed by atoms with Crippen molar-refractivity contribution >= 4 is 27.8 Å². The first-order chi connectivity index (χ1) is 12.5. The van der Waals surface area contributed by atoms with E-state index in [0.717, 1.165) is 17.5 Å². The Morgan fingerprint density at radius 1 is 1.12 bits per heavy atom. The van der Waals surface area contributed by atoms with Crippen LogP contribution in [-0.2, 0) is 13.5 Å². The van der Waals surface area contributed by atoms with E-state index in [0.29, 0.717) is 22.0 Å². The lowest BCUT2D eigenvalue weighted by atomic mass is 10.1. The van der Waals surface area contributed by atoms with Gasteiger partial charge in [0.15, 0.2) is 5.69 Å². The lowest BCUT2D eigenvalue weighted by Gasteiger charge is -2.08. The molecule has 0 spiro atoms. The maximum atomic E-state index is 13.1. The summed E-state index contributed by atoms with van der Waals surface area (Å²) in [6.45, 7) is 2.05. The summed E-state index contributed by atoms with van der Waals surface area (Å²) in [5, 5.41) is 15.0. The average Bonchev–Trinajstić information content (AvgIpc) is 2.96. The Bertz CT molecular complexity index is 1220. The number of carboxylic acid groups (broad SMARTS) is 1. The molecule has 0 aliphatic heterocycles. The van der Waals surface area contributed by atoms with Crippen molar-refractivity contribution in [2.75, 3.05) is 0 Å². The van der Waals surface area contributed by atoms with Gasteiger partial charge in [-0.15, -0.1) is 0 Å². The van der Waals surface area contributed by atoms with Gasteiger partial charge in [0, 0.05) is 23.3 Å². The summed E-state index contributed by atoms with van der Waals surface area (Å²) >= 11 is 0. The number of benzene rings is 2. The molecule has 0 radical (unpaired) electrons. The highest BCUT2D eigenvalue weighted by Crippen LogP contribution is 2.28. The van der Waals surface area contributed by atoms with Crippen LogP contribution in [0, 0.1) is 0 Å². The third-order valence-electron chi connectivity index (χ3n) is 4.73. The number of aromatic nitrogens is 3.